The standard InChI is InChI=1S/C29H31N3O4S/c33-26(19-31-28(34)25-12-6-16-37-25)32(23-14-13-20-9-4-10-22(20)17-23)27(21-7-2-1-3-8-21)29(35)30-18-24-11-5-15-36-24/h1-3,6-8,12-14,16-17,24,27H,4-5,9-11,15,18-19H2,(H,30,35)(H,31,34)/t24-,27-/m1/s1. The molecule has 7 nitrogen and oxygen atoms in total. The number of hydrogen-bond acceptors (Lipinski definition) is 5. The van der Waals surface area contributed by atoms with E-state index in [2.05, 4.69) is 16.7 Å². The molecule has 0 saturated carbocycles. The molecule has 1 aliphatic carbocycles. The lowest BCUT2D eigenvalue weighted by atomic mass is 10.0. The van der Waals surface area contributed by atoms with E-state index in [1.165, 1.54) is 27.4 Å². The summed E-state index contributed by atoms with van der Waals surface area (Å²) >= 11 is 1.31. The van der Waals surface area contributed by atoms with E-state index in [-0.39, 0.29) is 30.4 Å². The molecule has 8 heteroatoms. The minimum absolute atomic E-state index is 0.0189. The number of benzene rings is 2. The van der Waals surface area contributed by atoms with Gasteiger partial charge in [0.2, 0.25) is 11.8 Å². The summed E-state index contributed by atoms with van der Waals surface area (Å²) in [6.07, 6.45) is 4.90. The van der Waals surface area contributed by atoms with Crippen molar-refractivity contribution in [3.8, 4) is 0 Å². The number of rotatable bonds is 9. The van der Waals surface area contributed by atoms with E-state index in [0.717, 1.165) is 32.1 Å². The third-order valence-electron chi connectivity index (χ3n) is 6.92. The molecular formula is C29H31N3O4S. The Morgan fingerprint density at radius 3 is 2.57 bits per heavy atom. The van der Waals surface area contributed by atoms with Crippen LogP contribution < -0.4 is 15.5 Å². The van der Waals surface area contributed by atoms with Crippen LogP contribution in [0.5, 0.6) is 0 Å². The van der Waals surface area contributed by atoms with Gasteiger partial charge in [0.25, 0.3) is 5.91 Å². The van der Waals surface area contributed by atoms with Crippen molar-refractivity contribution in [3.63, 3.8) is 0 Å². The lowest BCUT2D eigenvalue weighted by Gasteiger charge is -2.32. The van der Waals surface area contributed by atoms with Crippen molar-refractivity contribution in [3.05, 3.63) is 87.6 Å². The first-order chi connectivity index (χ1) is 18.1. The Morgan fingerprint density at radius 1 is 0.973 bits per heavy atom. The molecule has 0 spiro atoms. The average molecular weight is 518 g/mol. The molecule has 2 aromatic carbocycles. The van der Waals surface area contributed by atoms with Crippen molar-refractivity contribution in [1.29, 1.82) is 0 Å². The number of aryl methyl sites for hydroxylation is 2. The first kappa shape index (κ1) is 25.2. The Morgan fingerprint density at radius 2 is 1.81 bits per heavy atom. The Balaban J connectivity index is 1.46. The topological polar surface area (TPSA) is 87.7 Å². The Labute approximate surface area is 220 Å². The third-order valence-corrected chi connectivity index (χ3v) is 7.79. The molecule has 5 rings (SSSR count). The van der Waals surface area contributed by atoms with Gasteiger partial charge in [-0.15, -0.1) is 11.3 Å². The monoisotopic (exact) mass is 517 g/mol. The van der Waals surface area contributed by atoms with Gasteiger partial charge in [-0.3, -0.25) is 19.3 Å². The van der Waals surface area contributed by atoms with Crippen molar-refractivity contribution in [2.75, 3.05) is 24.6 Å². The van der Waals surface area contributed by atoms with Gasteiger partial charge in [0.05, 0.1) is 17.5 Å². The third kappa shape index (κ3) is 5.92. The number of nitrogens with one attached hydrogen (secondary N) is 2. The van der Waals surface area contributed by atoms with Crippen LogP contribution in [0.4, 0.5) is 5.69 Å². The fraction of sp³-hybridized carbons (Fsp3) is 0.345. The van der Waals surface area contributed by atoms with E-state index in [0.29, 0.717) is 29.3 Å². The summed E-state index contributed by atoms with van der Waals surface area (Å²) < 4.78 is 5.69. The summed E-state index contributed by atoms with van der Waals surface area (Å²) in [5, 5.41) is 7.58. The highest BCUT2D eigenvalue weighted by molar-refractivity contribution is 7.12. The number of carbonyl (C=O) groups is 3. The molecular weight excluding hydrogens is 486 g/mol. The number of anilines is 1. The van der Waals surface area contributed by atoms with Crippen LogP contribution in [-0.2, 0) is 27.2 Å². The van der Waals surface area contributed by atoms with Crippen molar-refractivity contribution in [1.82, 2.24) is 10.6 Å². The van der Waals surface area contributed by atoms with Gasteiger partial charge in [-0.25, -0.2) is 0 Å². The van der Waals surface area contributed by atoms with E-state index in [1.54, 1.807) is 12.1 Å². The van der Waals surface area contributed by atoms with Crippen LogP contribution in [0.1, 0.15) is 51.7 Å². The minimum Gasteiger partial charge on any atom is -0.376 e. The van der Waals surface area contributed by atoms with Gasteiger partial charge in [0, 0.05) is 18.8 Å². The van der Waals surface area contributed by atoms with E-state index < -0.39 is 6.04 Å². The molecule has 2 heterocycles. The van der Waals surface area contributed by atoms with Gasteiger partial charge in [0.1, 0.15) is 6.04 Å². The van der Waals surface area contributed by atoms with Crippen LogP contribution in [0.2, 0.25) is 0 Å². The van der Waals surface area contributed by atoms with Gasteiger partial charge in [-0.2, -0.15) is 0 Å². The molecule has 0 radical (unpaired) electrons. The molecule has 1 aliphatic heterocycles. The van der Waals surface area contributed by atoms with Gasteiger partial charge in [0.15, 0.2) is 0 Å². The first-order valence-electron chi connectivity index (χ1n) is 12.8. The van der Waals surface area contributed by atoms with Crippen molar-refractivity contribution in [2.24, 2.45) is 0 Å². The van der Waals surface area contributed by atoms with Crippen LogP contribution >= 0.6 is 11.3 Å². The molecule has 3 amide bonds. The van der Waals surface area contributed by atoms with Crippen molar-refractivity contribution >= 4 is 34.7 Å². The smallest absolute Gasteiger partial charge is 0.261 e. The summed E-state index contributed by atoms with van der Waals surface area (Å²) in [7, 11) is 0. The summed E-state index contributed by atoms with van der Waals surface area (Å²) in [5.74, 6) is -0.944. The highest BCUT2D eigenvalue weighted by atomic mass is 32.1. The maximum atomic E-state index is 13.8. The second kappa shape index (κ2) is 11.7. The predicted octanol–water partition coefficient (Wildman–Crippen LogP) is 4.04. The molecule has 2 atom stereocenters. The summed E-state index contributed by atoms with van der Waals surface area (Å²) in [6, 6.07) is 17.9. The fourth-order valence-electron chi connectivity index (χ4n) is 5.05. The predicted molar refractivity (Wildman–Crippen MR) is 144 cm³/mol. The average Bonchev–Trinajstić information content (AvgIpc) is 3.72. The molecule has 2 N–H and O–H groups in total. The summed E-state index contributed by atoms with van der Waals surface area (Å²) in [4.78, 5) is 42.2. The number of thiophene rings is 1. The van der Waals surface area contributed by atoms with Crippen LogP contribution in [0.3, 0.4) is 0 Å². The second-order valence-electron chi connectivity index (χ2n) is 9.42. The highest BCUT2D eigenvalue weighted by Gasteiger charge is 2.34. The molecule has 3 aromatic rings. The zero-order valence-corrected chi connectivity index (χ0v) is 21.5. The molecule has 192 valence electrons. The number of hydrogen-bond donors (Lipinski definition) is 2. The molecule has 2 aliphatic rings. The largest absolute Gasteiger partial charge is 0.376 e. The fourth-order valence-corrected chi connectivity index (χ4v) is 5.69. The lowest BCUT2D eigenvalue weighted by Crippen LogP contribution is -2.48. The molecule has 1 fully saturated rings. The van der Waals surface area contributed by atoms with Crippen LogP contribution in [-0.4, -0.2) is 43.5 Å². The van der Waals surface area contributed by atoms with Crippen molar-refractivity contribution < 1.29 is 19.1 Å². The van der Waals surface area contributed by atoms with Crippen LogP contribution in [0.15, 0.2) is 66.0 Å². The van der Waals surface area contributed by atoms with Crippen LogP contribution in [0, 0.1) is 0 Å². The molecule has 1 aromatic heterocycles. The SMILES string of the molecule is O=C(NCC(=O)N(c1ccc2c(c1)CCC2)[C@@H](C(=O)NC[C@H]1CCCO1)c1ccccc1)c1cccs1. The zero-order chi connectivity index (χ0) is 25.6. The van der Waals surface area contributed by atoms with Gasteiger partial charge in [-0.1, -0.05) is 42.5 Å². The van der Waals surface area contributed by atoms with Crippen molar-refractivity contribution in [2.45, 2.75) is 44.2 Å². The summed E-state index contributed by atoms with van der Waals surface area (Å²) in [6.45, 7) is 0.867. The van der Waals surface area contributed by atoms with Gasteiger partial charge < -0.3 is 15.4 Å². The lowest BCUT2D eigenvalue weighted by molar-refractivity contribution is -0.126. The number of ether oxygens (including phenoxy) is 1. The van der Waals surface area contributed by atoms with E-state index in [4.69, 9.17) is 4.74 Å². The second-order valence-corrected chi connectivity index (χ2v) is 10.4. The number of nitrogens with zero attached hydrogens (tertiary/aromatic N) is 1. The molecule has 1 saturated heterocycles. The van der Waals surface area contributed by atoms with Gasteiger partial charge in [-0.05, 0) is 72.4 Å². The minimum atomic E-state index is -0.895. The quantitative estimate of drug-likeness (QED) is 0.449. The Kier molecular flexibility index (Phi) is 7.96. The summed E-state index contributed by atoms with van der Waals surface area (Å²) in [5.41, 5.74) is 3.83. The van der Waals surface area contributed by atoms with E-state index in [9.17, 15) is 14.4 Å². The maximum absolute atomic E-state index is 13.8. The number of fused-ring (bicyclic) bond motifs is 1. The van der Waals surface area contributed by atoms with E-state index in [1.807, 2.05) is 47.8 Å². The number of carbonyl (C=O) groups excluding carboxylic acids is 3. The number of amides is 3. The normalized spacial score (nSPS) is 17.1. The highest BCUT2D eigenvalue weighted by Crippen LogP contribution is 2.32. The molecule has 0 bridgehead atoms. The molecule has 0 unspecified atom stereocenters. The maximum Gasteiger partial charge on any atom is 0.261 e. The van der Waals surface area contributed by atoms with Gasteiger partial charge >= 0.3 is 0 Å². The molecule has 37 heavy (non-hydrogen) atoms. The zero-order valence-electron chi connectivity index (χ0n) is 20.7. The van der Waals surface area contributed by atoms with Crippen LogP contribution in [0.25, 0.3) is 0 Å². The Hall–Kier alpha value is -3.49. The first-order valence-corrected chi connectivity index (χ1v) is 13.7. The Bertz CT molecular complexity index is 1240. The van der Waals surface area contributed by atoms with E-state index >= 15 is 0 Å².